The van der Waals surface area contributed by atoms with Gasteiger partial charge in [-0.05, 0) is 24.3 Å². The monoisotopic (exact) mass is 317 g/mol. The summed E-state index contributed by atoms with van der Waals surface area (Å²) in [6.45, 7) is 1.81. The summed E-state index contributed by atoms with van der Waals surface area (Å²) in [5.41, 5.74) is 1.11. The number of nitrogens with zero attached hydrogens (tertiary/aromatic N) is 3. The lowest BCUT2D eigenvalue weighted by Crippen LogP contribution is -2.44. The van der Waals surface area contributed by atoms with Crippen LogP contribution in [0.5, 0.6) is 0 Å². The number of hydrogen-bond donors (Lipinski definition) is 0. The highest BCUT2D eigenvalue weighted by Crippen LogP contribution is 2.26. The van der Waals surface area contributed by atoms with Crippen LogP contribution in [0.15, 0.2) is 47.8 Å². The van der Waals surface area contributed by atoms with E-state index in [1.807, 2.05) is 36.3 Å². The summed E-state index contributed by atoms with van der Waals surface area (Å²) in [6.07, 6.45) is 5.49. The van der Waals surface area contributed by atoms with Crippen molar-refractivity contribution in [2.75, 3.05) is 25.5 Å². The predicted octanol–water partition coefficient (Wildman–Crippen LogP) is 2.11. The number of morpholine rings is 1. The van der Waals surface area contributed by atoms with E-state index in [1.165, 1.54) is 0 Å². The molecule has 1 atom stereocenters. The van der Waals surface area contributed by atoms with Crippen molar-refractivity contribution in [1.29, 1.82) is 0 Å². The molecular formula is C16H19N3O2S. The Morgan fingerprint density at radius 2 is 2.23 bits per heavy atom. The van der Waals surface area contributed by atoms with E-state index in [2.05, 4.69) is 15.6 Å². The normalized spacial score (nSPS) is 18.4. The molecule has 22 heavy (non-hydrogen) atoms. The molecule has 0 saturated carbocycles. The van der Waals surface area contributed by atoms with E-state index in [0.29, 0.717) is 25.5 Å². The highest BCUT2D eigenvalue weighted by Gasteiger charge is 2.29. The molecule has 0 spiro atoms. The lowest BCUT2D eigenvalue weighted by Gasteiger charge is -2.36. The summed E-state index contributed by atoms with van der Waals surface area (Å²) in [5, 5.41) is 0. The van der Waals surface area contributed by atoms with Crippen molar-refractivity contribution in [1.82, 2.24) is 14.5 Å². The number of aryl methyl sites for hydroxylation is 1. The molecule has 3 heterocycles. The second-order valence-corrected chi connectivity index (χ2v) is 6.24. The van der Waals surface area contributed by atoms with Gasteiger partial charge in [0.2, 0.25) is 5.91 Å². The maximum Gasteiger partial charge on any atom is 0.233 e. The van der Waals surface area contributed by atoms with Crippen LogP contribution in [0.1, 0.15) is 11.7 Å². The zero-order valence-electron chi connectivity index (χ0n) is 12.5. The van der Waals surface area contributed by atoms with Gasteiger partial charge in [0.15, 0.2) is 0 Å². The first-order valence-corrected chi connectivity index (χ1v) is 8.25. The van der Waals surface area contributed by atoms with Crippen LogP contribution in [-0.2, 0) is 16.6 Å². The minimum absolute atomic E-state index is 0.000657. The fourth-order valence-corrected chi connectivity index (χ4v) is 3.40. The molecule has 116 valence electrons. The smallest absolute Gasteiger partial charge is 0.233 e. The Morgan fingerprint density at radius 1 is 1.41 bits per heavy atom. The molecule has 5 nitrogen and oxygen atoms in total. The minimum Gasteiger partial charge on any atom is -0.377 e. The Hall–Kier alpha value is -1.79. The number of ether oxygens (including phenoxy) is 1. The molecule has 0 N–H and O–H groups in total. The molecule has 0 radical (unpaired) electrons. The van der Waals surface area contributed by atoms with Gasteiger partial charge in [-0.1, -0.05) is 0 Å². The zero-order chi connectivity index (χ0) is 15.4. The highest BCUT2D eigenvalue weighted by atomic mass is 32.2. The molecular weight excluding hydrogens is 298 g/mol. The van der Waals surface area contributed by atoms with Gasteiger partial charge in [-0.2, -0.15) is 0 Å². The van der Waals surface area contributed by atoms with Crippen LogP contribution in [0.2, 0.25) is 0 Å². The van der Waals surface area contributed by atoms with E-state index in [1.54, 1.807) is 24.2 Å². The number of hydrogen-bond acceptors (Lipinski definition) is 4. The number of pyridine rings is 1. The van der Waals surface area contributed by atoms with Crippen molar-refractivity contribution in [2.45, 2.75) is 10.9 Å². The van der Waals surface area contributed by atoms with E-state index < -0.39 is 0 Å². The maximum atomic E-state index is 12.6. The molecule has 0 bridgehead atoms. The summed E-state index contributed by atoms with van der Waals surface area (Å²) in [4.78, 5) is 19.6. The van der Waals surface area contributed by atoms with Crippen LogP contribution < -0.4 is 0 Å². The number of aromatic nitrogens is 2. The number of amides is 1. The van der Waals surface area contributed by atoms with Crippen molar-refractivity contribution in [3.8, 4) is 0 Å². The number of carbonyl (C=O) groups is 1. The van der Waals surface area contributed by atoms with Crippen molar-refractivity contribution in [3.05, 3.63) is 48.5 Å². The molecule has 1 unspecified atom stereocenters. The Bertz CT molecular complexity index is 629. The van der Waals surface area contributed by atoms with Crippen molar-refractivity contribution < 1.29 is 9.53 Å². The topological polar surface area (TPSA) is 47.4 Å². The van der Waals surface area contributed by atoms with Crippen LogP contribution in [0.3, 0.4) is 0 Å². The minimum atomic E-state index is -0.000657. The van der Waals surface area contributed by atoms with E-state index in [0.717, 1.165) is 10.6 Å². The molecule has 1 fully saturated rings. The average Bonchev–Trinajstić information content (AvgIpc) is 2.99. The van der Waals surface area contributed by atoms with Gasteiger partial charge in [-0.15, -0.1) is 11.8 Å². The molecule has 6 heteroatoms. The van der Waals surface area contributed by atoms with Crippen molar-refractivity contribution in [3.63, 3.8) is 0 Å². The van der Waals surface area contributed by atoms with E-state index in [-0.39, 0.29) is 11.9 Å². The van der Waals surface area contributed by atoms with Crippen LogP contribution in [0.25, 0.3) is 0 Å². The SMILES string of the molecule is Cn1cccc1C1COCCN1C(=O)CSc1ccncc1. The number of carbonyl (C=O) groups excluding carboxylic acids is 1. The van der Waals surface area contributed by atoms with Crippen LogP contribution in [-0.4, -0.2) is 45.9 Å². The van der Waals surface area contributed by atoms with Gasteiger partial charge in [0, 0.05) is 42.8 Å². The lowest BCUT2D eigenvalue weighted by atomic mass is 10.1. The summed E-state index contributed by atoms with van der Waals surface area (Å²) in [7, 11) is 2.00. The first-order valence-electron chi connectivity index (χ1n) is 7.27. The summed E-state index contributed by atoms with van der Waals surface area (Å²) in [6, 6.07) is 7.89. The second kappa shape index (κ2) is 6.98. The highest BCUT2D eigenvalue weighted by molar-refractivity contribution is 8.00. The average molecular weight is 317 g/mol. The summed E-state index contributed by atoms with van der Waals surface area (Å²) < 4.78 is 7.63. The van der Waals surface area contributed by atoms with Gasteiger partial charge >= 0.3 is 0 Å². The molecule has 3 rings (SSSR count). The van der Waals surface area contributed by atoms with E-state index in [9.17, 15) is 4.79 Å². The Balaban J connectivity index is 1.68. The molecule has 1 aliphatic heterocycles. The molecule has 1 amide bonds. The Morgan fingerprint density at radius 3 is 2.95 bits per heavy atom. The third kappa shape index (κ3) is 3.34. The van der Waals surface area contributed by atoms with Gasteiger partial charge in [-0.3, -0.25) is 9.78 Å². The summed E-state index contributed by atoms with van der Waals surface area (Å²) >= 11 is 1.55. The third-order valence-electron chi connectivity index (χ3n) is 3.79. The predicted molar refractivity (Wildman–Crippen MR) is 85.6 cm³/mol. The first kappa shape index (κ1) is 15.1. The van der Waals surface area contributed by atoms with Gasteiger partial charge < -0.3 is 14.2 Å². The lowest BCUT2D eigenvalue weighted by molar-refractivity contribution is -0.137. The van der Waals surface area contributed by atoms with Gasteiger partial charge in [0.05, 0.1) is 25.0 Å². The quantitative estimate of drug-likeness (QED) is 0.811. The molecule has 1 saturated heterocycles. The molecule has 1 aliphatic rings. The van der Waals surface area contributed by atoms with Crippen molar-refractivity contribution >= 4 is 17.7 Å². The number of rotatable bonds is 4. The third-order valence-corrected chi connectivity index (χ3v) is 4.78. The zero-order valence-corrected chi connectivity index (χ0v) is 13.3. The first-order chi connectivity index (χ1) is 10.8. The van der Waals surface area contributed by atoms with Gasteiger partial charge in [0.25, 0.3) is 0 Å². The largest absolute Gasteiger partial charge is 0.377 e. The van der Waals surface area contributed by atoms with Crippen LogP contribution in [0.4, 0.5) is 0 Å². The van der Waals surface area contributed by atoms with E-state index >= 15 is 0 Å². The fourth-order valence-electron chi connectivity index (χ4n) is 2.63. The van der Waals surface area contributed by atoms with Crippen molar-refractivity contribution in [2.24, 2.45) is 7.05 Å². The maximum absolute atomic E-state index is 12.6. The Kier molecular flexibility index (Phi) is 4.80. The van der Waals surface area contributed by atoms with Crippen LogP contribution in [0, 0.1) is 0 Å². The summed E-state index contributed by atoms with van der Waals surface area (Å²) in [5.74, 6) is 0.585. The standard InChI is InChI=1S/C16H19N3O2S/c1-18-8-2-3-14(18)15-11-21-10-9-19(15)16(20)12-22-13-4-6-17-7-5-13/h2-8,15H,9-12H2,1H3. The van der Waals surface area contributed by atoms with Gasteiger partial charge in [-0.25, -0.2) is 0 Å². The number of thioether (sulfide) groups is 1. The fraction of sp³-hybridized carbons (Fsp3) is 0.375. The second-order valence-electron chi connectivity index (χ2n) is 5.19. The Labute approximate surface area is 134 Å². The molecule has 0 aliphatic carbocycles. The van der Waals surface area contributed by atoms with E-state index in [4.69, 9.17) is 4.74 Å². The van der Waals surface area contributed by atoms with Gasteiger partial charge in [0.1, 0.15) is 0 Å². The molecule has 2 aromatic rings. The molecule has 0 aromatic carbocycles. The molecule has 2 aromatic heterocycles. The van der Waals surface area contributed by atoms with Crippen LogP contribution >= 0.6 is 11.8 Å².